The predicted octanol–water partition coefficient (Wildman–Crippen LogP) is 3.38. The fourth-order valence-corrected chi connectivity index (χ4v) is 3.72. The van der Waals surface area contributed by atoms with Crippen LogP contribution in [0.3, 0.4) is 0 Å². The highest BCUT2D eigenvalue weighted by Gasteiger charge is 2.13. The van der Waals surface area contributed by atoms with Crippen molar-refractivity contribution in [1.82, 2.24) is 9.78 Å². The average Bonchev–Trinajstić information content (AvgIpc) is 3.15. The third kappa shape index (κ3) is 5.20. The van der Waals surface area contributed by atoms with Crippen LogP contribution >= 0.6 is 0 Å². The number of benzene rings is 2. The van der Waals surface area contributed by atoms with E-state index in [0.29, 0.717) is 17.8 Å². The van der Waals surface area contributed by atoms with Gasteiger partial charge in [-0.15, -0.1) is 0 Å². The van der Waals surface area contributed by atoms with E-state index in [4.69, 9.17) is 4.74 Å². The van der Waals surface area contributed by atoms with Gasteiger partial charge in [-0.2, -0.15) is 5.10 Å². The van der Waals surface area contributed by atoms with Crippen LogP contribution in [-0.4, -0.2) is 29.9 Å². The largest absolute Gasteiger partial charge is 0.456 e. The van der Waals surface area contributed by atoms with Gasteiger partial charge in [0.1, 0.15) is 12.3 Å². The third-order valence-electron chi connectivity index (χ3n) is 3.86. The highest BCUT2D eigenvalue weighted by atomic mass is 32.2. The summed E-state index contributed by atoms with van der Waals surface area (Å²) in [5.41, 5.74) is 2.11. The van der Waals surface area contributed by atoms with E-state index >= 15 is 0 Å². The van der Waals surface area contributed by atoms with Gasteiger partial charge in [0.05, 0.1) is 17.0 Å². The number of esters is 1. The van der Waals surface area contributed by atoms with Crippen molar-refractivity contribution >= 4 is 21.7 Å². The average molecular weight is 399 g/mol. The Morgan fingerprint density at radius 3 is 2.64 bits per heavy atom. The highest BCUT2D eigenvalue weighted by Crippen LogP contribution is 2.15. The number of anilines is 1. The number of rotatable bonds is 8. The molecule has 7 nitrogen and oxygen atoms in total. The van der Waals surface area contributed by atoms with E-state index in [2.05, 4.69) is 9.82 Å². The van der Waals surface area contributed by atoms with Crippen molar-refractivity contribution in [3.63, 3.8) is 0 Å². The van der Waals surface area contributed by atoms with Gasteiger partial charge in [0.25, 0.3) is 0 Å². The molecule has 0 aliphatic rings. The number of nitrogens with one attached hydrogen (secondary N) is 1. The zero-order chi connectivity index (χ0) is 20.0. The van der Waals surface area contributed by atoms with Crippen molar-refractivity contribution in [2.75, 3.05) is 10.5 Å². The monoisotopic (exact) mass is 399 g/mol. The molecule has 0 aliphatic heterocycles. The van der Waals surface area contributed by atoms with E-state index < -0.39 is 16.0 Å². The standard InChI is InChI=1S/C20H21N3O4S/c1-2-13-28(25,26)22-17-8-6-7-16(14-17)20(24)27-15-18-11-12-23(21-18)19-9-4-3-5-10-19/h3-12,14,22H,2,13,15H2,1H3. The minimum atomic E-state index is -3.42. The molecule has 3 rings (SSSR count). The molecule has 146 valence electrons. The first-order valence-corrected chi connectivity index (χ1v) is 10.5. The summed E-state index contributed by atoms with van der Waals surface area (Å²) in [6.45, 7) is 1.80. The number of ether oxygens (including phenoxy) is 1. The number of hydrogen-bond acceptors (Lipinski definition) is 5. The van der Waals surface area contributed by atoms with Crippen molar-refractivity contribution in [2.24, 2.45) is 0 Å². The van der Waals surface area contributed by atoms with Gasteiger partial charge in [-0.25, -0.2) is 17.9 Å². The van der Waals surface area contributed by atoms with Crippen LogP contribution in [0.15, 0.2) is 66.9 Å². The molecule has 0 amide bonds. The van der Waals surface area contributed by atoms with E-state index in [1.807, 2.05) is 30.3 Å². The van der Waals surface area contributed by atoms with Crippen LogP contribution in [0.4, 0.5) is 5.69 Å². The van der Waals surface area contributed by atoms with Gasteiger partial charge in [-0.3, -0.25) is 4.72 Å². The topological polar surface area (TPSA) is 90.3 Å². The van der Waals surface area contributed by atoms with Crippen molar-refractivity contribution in [3.05, 3.63) is 78.1 Å². The Balaban J connectivity index is 1.63. The van der Waals surface area contributed by atoms with Gasteiger partial charge in [0, 0.05) is 11.9 Å². The quantitative estimate of drug-likeness (QED) is 0.587. The van der Waals surface area contributed by atoms with Gasteiger partial charge in [0.2, 0.25) is 10.0 Å². The summed E-state index contributed by atoms with van der Waals surface area (Å²) in [6, 6.07) is 17.6. The fraction of sp³-hybridized carbons (Fsp3) is 0.200. The van der Waals surface area contributed by atoms with Crippen LogP contribution < -0.4 is 4.72 Å². The molecule has 28 heavy (non-hydrogen) atoms. The molecule has 8 heteroatoms. The van der Waals surface area contributed by atoms with Crippen molar-refractivity contribution in [2.45, 2.75) is 20.0 Å². The van der Waals surface area contributed by atoms with Crippen LogP contribution in [0.5, 0.6) is 0 Å². The maximum atomic E-state index is 12.3. The number of para-hydroxylation sites is 1. The first kappa shape index (κ1) is 19.6. The van der Waals surface area contributed by atoms with Gasteiger partial charge in [0.15, 0.2) is 0 Å². The number of hydrogen-bond donors (Lipinski definition) is 1. The SMILES string of the molecule is CCCS(=O)(=O)Nc1cccc(C(=O)OCc2ccn(-c3ccccc3)n2)c1. The van der Waals surface area contributed by atoms with Crippen LogP contribution in [-0.2, 0) is 21.4 Å². The molecule has 0 spiro atoms. The number of carbonyl (C=O) groups excluding carboxylic acids is 1. The van der Waals surface area contributed by atoms with Crippen LogP contribution in [0.25, 0.3) is 5.69 Å². The summed E-state index contributed by atoms with van der Waals surface area (Å²) in [5, 5.41) is 4.38. The zero-order valence-electron chi connectivity index (χ0n) is 15.4. The summed E-state index contributed by atoms with van der Waals surface area (Å²) in [5.74, 6) is -0.531. The summed E-state index contributed by atoms with van der Waals surface area (Å²) in [4.78, 5) is 12.3. The Morgan fingerprint density at radius 2 is 1.89 bits per heavy atom. The first-order valence-electron chi connectivity index (χ1n) is 8.84. The molecule has 1 aromatic heterocycles. The lowest BCUT2D eigenvalue weighted by Crippen LogP contribution is -2.16. The second-order valence-electron chi connectivity index (χ2n) is 6.17. The van der Waals surface area contributed by atoms with Crippen LogP contribution in [0, 0.1) is 0 Å². The summed E-state index contributed by atoms with van der Waals surface area (Å²) < 4.78 is 33.2. The molecule has 2 aromatic carbocycles. The molecule has 1 heterocycles. The molecular weight excluding hydrogens is 378 g/mol. The first-order chi connectivity index (χ1) is 13.5. The zero-order valence-corrected chi connectivity index (χ0v) is 16.2. The molecule has 0 aliphatic carbocycles. The molecule has 0 saturated carbocycles. The Hall–Kier alpha value is -3.13. The number of nitrogens with zero attached hydrogens (tertiary/aromatic N) is 2. The summed E-state index contributed by atoms with van der Waals surface area (Å²) in [7, 11) is -3.42. The molecule has 0 fully saturated rings. The Labute approximate surface area is 164 Å². The molecular formula is C20H21N3O4S. The van der Waals surface area contributed by atoms with Gasteiger partial charge < -0.3 is 4.74 Å². The maximum absolute atomic E-state index is 12.3. The predicted molar refractivity (Wildman–Crippen MR) is 107 cm³/mol. The van der Waals surface area contributed by atoms with E-state index in [-0.39, 0.29) is 17.9 Å². The summed E-state index contributed by atoms with van der Waals surface area (Å²) in [6.07, 6.45) is 2.30. The van der Waals surface area contributed by atoms with Gasteiger partial charge in [-0.05, 0) is 42.8 Å². The maximum Gasteiger partial charge on any atom is 0.338 e. The Morgan fingerprint density at radius 1 is 1.11 bits per heavy atom. The molecule has 0 saturated heterocycles. The van der Waals surface area contributed by atoms with E-state index in [0.717, 1.165) is 5.69 Å². The third-order valence-corrected chi connectivity index (χ3v) is 5.35. The lowest BCUT2D eigenvalue weighted by Gasteiger charge is -2.08. The number of aromatic nitrogens is 2. The smallest absolute Gasteiger partial charge is 0.338 e. The fourth-order valence-electron chi connectivity index (χ4n) is 2.59. The normalized spacial score (nSPS) is 11.2. The minimum absolute atomic E-state index is 0.0183. The molecule has 0 radical (unpaired) electrons. The summed E-state index contributed by atoms with van der Waals surface area (Å²) >= 11 is 0. The van der Waals surface area contributed by atoms with Crippen molar-refractivity contribution < 1.29 is 17.9 Å². The van der Waals surface area contributed by atoms with E-state index in [1.54, 1.807) is 42.1 Å². The van der Waals surface area contributed by atoms with Crippen LogP contribution in [0.1, 0.15) is 29.4 Å². The molecule has 0 atom stereocenters. The second-order valence-corrected chi connectivity index (χ2v) is 8.01. The number of carbonyl (C=O) groups is 1. The lowest BCUT2D eigenvalue weighted by molar-refractivity contribution is 0.0467. The van der Waals surface area contributed by atoms with Gasteiger partial charge in [-0.1, -0.05) is 31.2 Å². The molecule has 1 N–H and O–H groups in total. The van der Waals surface area contributed by atoms with Crippen molar-refractivity contribution in [1.29, 1.82) is 0 Å². The van der Waals surface area contributed by atoms with Crippen LogP contribution in [0.2, 0.25) is 0 Å². The molecule has 0 bridgehead atoms. The lowest BCUT2D eigenvalue weighted by atomic mass is 10.2. The Kier molecular flexibility index (Phi) is 6.10. The number of sulfonamides is 1. The minimum Gasteiger partial charge on any atom is -0.456 e. The molecule has 0 unspecified atom stereocenters. The molecule has 3 aromatic rings. The van der Waals surface area contributed by atoms with Gasteiger partial charge >= 0.3 is 5.97 Å². The Bertz CT molecular complexity index is 1050. The van der Waals surface area contributed by atoms with E-state index in [9.17, 15) is 13.2 Å². The highest BCUT2D eigenvalue weighted by molar-refractivity contribution is 7.92. The van der Waals surface area contributed by atoms with Crippen molar-refractivity contribution in [3.8, 4) is 5.69 Å². The second kappa shape index (κ2) is 8.71. The van der Waals surface area contributed by atoms with E-state index in [1.165, 1.54) is 6.07 Å².